The molecule has 21 heavy (non-hydrogen) atoms. The highest BCUT2D eigenvalue weighted by Crippen LogP contribution is 2.25. The lowest BCUT2D eigenvalue weighted by atomic mass is 10.0. The van der Waals surface area contributed by atoms with Crippen molar-refractivity contribution >= 4 is 5.97 Å². The van der Waals surface area contributed by atoms with Gasteiger partial charge in [0.15, 0.2) is 0 Å². The summed E-state index contributed by atoms with van der Waals surface area (Å²) >= 11 is 0. The van der Waals surface area contributed by atoms with Gasteiger partial charge < -0.3 is 5.11 Å². The van der Waals surface area contributed by atoms with Gasteiger partial charge in [-0.3, -0.25) is 4.68 Å². The van der Waals surface area contributed by atoms with Gasteiger partial charge in [-0.1, -0.05) is 44.5 Å². The van der Waals surface area contributed by atoms with Gasteiger partial charge in [-0.05, 0) is 25.3 Å². The summed E-state index contributed by atoms with van der Waals surface area (Å²) in [6, 6.07) is 8.21. The van der Waals surface area contributed by atoms with Crippen molar-refractivity contribution in [2.24, 2.45) is 0 Å². The van der Waals surface area contributed by atoms with E-state index in [0.717, 1.165) is 24.8 Å². The number of hydrogen-bond donors (Lipinski definition) is 1. The molecule has 0 amide bonds. The lowest BCUT2D eigenvalue weighted by Crippen LogP contribution is -2.04. The van der Waals surface area contributed by atoms with Crippen molar-refractivity contribution < 1.29 is 9.90 Å². The topological polar surface area (TPSA) is 55.1 Å². The van der Waals surface area contributed by atoms with Crippen molar-refractivity contribution in [2.75, 3.05) is 0 Å². The molecule has 0 saturated carbocycles. The molecule has 1 heterocycles. The Kier molecular flexibility index (Phi) is 4.78. The summed E-state index contributed by atoms with van der Waals surface area (Å²) in [5, 5.41) is 13.9. The number of hydrogen-bond acceptors (Lipinski definition) is 2. The van der Waals surface area contributed by atoms with Crippen LogP contribution in [-0.4, -0.2) is 20.9 Å². The Hall–Kier alpha value is -2.10. The Morgan fingerprint density at radius 3 is 2.48 bits per heavy atom. The summed E-state index contributed by atoms with van der Waals surface area (Å²) in [6.45, 7) is 6.24. The van der Waals surface area contributed by atoms with Gasteiger partial charge in [0, 0.05) is 17.8 Å². The number of carboxylic acids is 1. The molecule has 0 bridgehead atoms. The molecular weight excluding hydrogens is 264 g/mol. The monoisotopic (exact) mass is 286 g/mol. The molecule has 0 radical (unpaired) electrons. The fourth-order valence-electron chi connectivity index (χ4n) is 2.29. The van der Waals surface area contributed by atoms with E-state index in [1.807, 2.05) is 31.2 Å². The largest absolute Gasteiger partial charge is 0.478 e. The molecule has 0 spiro atoms. The molecule has 0 aliphatic heterocycles. The molecule has 1 N–H and O–H groups in total. The zero-order chi connectivity index (χ0) is 15.4. The molecule has 0 fully saturated rings. The van der Waals surface area contributed by atoms with E-state index in [4.69, 9.17) is 0 Å². The Balaban J connectivity index is 2.41. The third kappa shape index (κ3) is 3.32. The number of aromatic nitrogens is 2. The summed E-state index contributed by atoms with van der Waals surface area (Å²) in [6.07, 6.45) is 4.68. The minimum absolute atomic E-state index is 0.191. The Morgan fingerprint density at radius 2 is 1.95 bits per heavy atom. The minimum atomic E-state index is -0.933. The van der Waals surface area contributed by atoms with Crippen LogP contribution < -0.4 is 0 Å². The first-order valence-corrected chi connectivity index (χ1v) is 7.48. The fourth-order valence-corrected chi connectivity index (χ4v) is 2.29. The van der Waals surface area contributed by atoms with Crippen molar-refractivity contribution in [3.8, 4) is 11.3 Å². The van der Waals surface area contributed by atoms with Crippen LogP contribution in [0.2, 0.25) is 0 Å². The standard InChI is InChI=1S/C17H22N2O2/c1-4-6-13-7-9-14(10-8-13)16-15(17(20)21)11-19(18-16)12(3)5-2/h7-12H,4-6H2,1-3H3,(H,20,21). The molecule has 2 aromatic rings. The number of aromatic carboxylic acids is 1. The summed E-state index contributed by atoms with van der Waals surface area (Å²) < 4.78 is 1.75. The van der Waals surface area contributed by atoms with Crippen molar-refractivity contribution in [2.45, 2.75) is 46.1 Å². The molecule has 1 aromatic carbocycles. The first-order chi connectivity index (χ1) is 10.1. The SMILES string of the molecule is CCCc1ccc(-c2nn(C(C)CC)cc2C(=O)O)cc1. The van der Waals surface area contributed by atoms with Crippen LogP contribution in [0.5, 0.6) is 0 Å². The molecule has 4 heteroatoms. The lowest BCUT2D eigenvalue weighted by molar-refractivity contribution is 0.0697. The zero-order valence-electron chi connectivity index (χ0n) is 12.8. The minimum Gasteiger partial charge on any atom is -0.478 e. The third-order valence-electron chi connectivity index (χ3n) is 3.77. The molecule has 1 atom stereocenters. The van der Waals surface area contributed by atoms with E-state index in [0.29, 0.717) is 5.69 Å². The summed E-state index contributed by atoms with van der Waals surface area (Å²) in [4.78, 5) is 11.4. The highest BCUT2D eigenvalue weighted by Gasteiger charge is 2.18. The average Bonchev–Trinajstić information content (AvgIpc) is 2.93. The summed E-state index contributed by atoms with van der Waals surface area (Å²) in [5.74, 6) is -0.933. The van der Waals surface area contributed by atoms with Crippen LogP contribution in [0.4, 0.5) is 0 Å². The average molecular weight is 286 g/mol. The van der Waals surface area contributed by atoms with Crippen LogP contribution in [0.3, 0.4) is 0 Å². The van der Waals surface area contributed by atoms with E-state index in [9.17, 15) is 9.90 Å². The molecule has 2 rings (SSSR count). The summed E-state index contributed by atoms with van der Waals surface area (Å²) in [7, 11) is 0. The van der Waals surface area contributed by atoms with Crippen molar-refractivity contribution in [3.05, 3.63) is 41.6 Å². The van der Waals surface area contributed by atoms with Crippen LogP contribution in [0, 0.1) is 0 Å². The number of carboxylic acid groups (broad SMARTS) is 1. The smallest absolute Gasteiger partial charge is 0.339 e. The van der Waals surface area contributed by atoms with Gasteiger partial charge in [-0.2, -0.15) is 5.10 Å². The second kappa shape index (κ2) is 6.57. The first-order valence-electron chi connectivity index (χ1n) is 7.48. The quantitative estimate of drug-likeness (QED) is 0.867. The van der Waals surface area contributed by atoms with Gasteiger partial charge in [0.2, 0.25) is 0 Å². The van der Waals surface area contributed by atoms with Gasteiger partial charge in [0.25, 0.3) is 0 Å². The van der Waals surface area contributed by atoms with Crippen LogP contribution in [0.1, 0.15) is 55.6 Å². The number of carbonyl (C=O) groups is 1. The first kappa shape index (κ1) is 15.3. The van der Waals surface area contributed by atoms with E-state index >= 15 is 0 Å². The highest BCUT2D eigenvalue weighted by molar-refractivity contribution is 5.94. The molecule has 112 valence electrons. The predicted octanol–water partition coefficient (Wildman–Crippen LogP) is 4.17. The van der Waals surface area contributed by atoms with Crippen LogP contribution in [0.25, 0.3) is 11.3 Å². The Labute approximate surface area is 125 Å². The maximum absolute atomic E-state index is 11.4. The van der Waals surface area contributed by atoms with Gasteiger partial charge in [0.05, 0.1) is 0 Å². The van der Waals surface area contributed by atoms with E-state index < -0.39 is 5.97 Å². The number of benzene rings is 1. The van der Waals surface area contributed by atoms with E-state index in [-0.39, 0.29) is 11.6 Å². The molecule has 1 unspecified atom stereocenters. The summed E-state index contributed by atoms with van der Waals surface area (Å²) in [5.41, 5.74) is 2.93. The maximum atomic E-state index is 11.4. The fraction of sp³-hybridized carbons (Fsp3) is 0.412. The number of rotatable bonds is 6. The van der Waals surface area contributed by atoms with Gasteiger partial charge in [-0.15, -0.1) is 0 Å². The Bertz CT molecular complexity index is 614. The molecule has 0 saturated heterocycles. The molecule has 1 aromatic heterocycles. The van der Waals surface area contributed by atoms with Crippen LogP contribution in [0.15, 0.2) is 30.5 Å². The van der Waals surface area contributed by atoms with Crippen LogP contribution in [-0.2, 0) is 6.42 Å². The van der Waals surface area contributed by atoms with Gasteiger partial charge in [0.1, 0.15) is 11.3 Å². The number of aryl methyl sites for hydroxylation is 1. The predicted molar refractivity (Wildman–Crippen MR) is 83.6 cm³/mol. The normalized spacial score (nSPS) is 12.3. The second-order valence-electron chi connectivity index (χ2n) is 5.38. The Morgan fingerprint density at radius 1 is 1.29 bits per heavy atom. The maximum Gasteiger partial charge on any atom is 0.339 e. The van der Waals surface area contributed by atoms with E-state index in [1.165, 1.54) is 5.56 Å². The molecule has 4 nitrogen and oxygen atoms in total. The zero-order valence-corrected chi connectivity index (χ0v) is 12.8. The van der Waals surface area contributed by atoms with E-state index in [1.54, 1.807) is 10.9 Å². The van der Waals surface area contributed by atoms with Crippen molar-refractivity contribution in [1.29, 1.82) is 0 Å². The van der Waals surface area contributed by atoms with Gasteiger partial charge >= 0.3 is 5.97 Å². The molecular formula is C17H22N2O2. The van der Waals surface area contributed by atoms with E-state index in [2.05, 4.69) is 18.9 Å². The highest BCUT2D eigenvalue weighted by atomic mass is 16.4. The van der Waals surface area contributed by atoms with Crippen LogP contribution >= 0.6 is 0 Å². The van der Waals surface area contributed by atoms with Gasteiger partial charge in [-0.25, -0.2) is 4.79 Å². The third-order valence-corrected chi connectivity index (χ3v) is 3.77. The van der Waals surface area contributed by atoms with Crippen molar-refractivity contribution in [1.82, 2.24) is 9.78 Å². The number of nitrogens with zero attached hydrogens (tertiary/aromatic N) is 2. The lowest BCUT2D eigenvalue weighted by Gasteiger charge is -2.08. The molecule has 0 aliphatic carbocycles. The molecule has 0 aliphatic rings. The van der Waals surface area contributed by atoms with Crippen molar-refractivity contribution in [3.63, 3.8) is 0 Å². The second-order valence-corrected chi connectivity index (χ2v) is 5.38.